The lowest BCUT2D eigenvalue weighted by atomic mass is 9.94. The number of nitrogens with zero attached hydrogens (tertiary/aromatic N) is 1. The van der Waals surface area contributed by atoms with Crippen LogP contribution >= 0.6 is 11.8 Å². The van der Waals surface area contributed by atoms with E-state index < -0.39 is 0 Å². The van der Waals surface area contributed by atoms with Gasteiger partial charge in [0.25, 0.3) is 0 Å². The van der Waals surface area contributed by atoms with Crippen molar-refractivity contribution in [3.8, 4) is 0 Å². The predicted octanol–water partition coefficient (Wildman–Crippen LogP) is 2.59. The highest BCUT2D eigenvalue weighted by molar-refractivity contribution is 8.00. The molecule has 2 heterocycles. The second-order valence-electron chi connectivity index (χ2n) is 5.43. The van der Waals surface area contributed by atoms with Crippen molar-refractivity contribution < 1.29 is 4.79 Å². The van der Waals surface area contributed by atoms with Gasteiger partial charge in [-0.25, -0.2) is 0 Å². The molecular formula is C12H21NOS. The molecule has 0 N–H and O–H groups in total. The Balaban J connectivity index is 2.14. The summed E-state index contributed by atoms with van der Waals surface area (Å²) in [6, 6.07) is 0.483. The van der Waals surface area contributed by atoms with Gasteiger partial charge >= 0.3 is 0 Å². The first-order valence-corrected chi connectivity index (χ1v) is 7.01. The highest BCUT2D eigenvalue weighted by atomic mass is 32.2. The van der Waals surface area contributed by atoms with E-state index in [1.54, 1.807) is 0 Å². The highest BCUT2D eigenvalue weighted by Gasteiger charge is 2.48. The topological polar surface area (TPSA) is 20.3 Å². The molecule has 2 aliphatic heterocycles. The Labute approximate surface area is 96.8 Å². The fourth-order valence-corrected chi connectivity index (χ4v) is 4.38. The average Bonchev–Trinajstić information content (AvgIpc) is 2.66. The van der Waals surface area contributed by atoms with Gasteiger partial charge in [-0.1, -0.05) is 27.7 Å². The molecular weight excluding hydrogens is 206 g/mol. The molecule has 2 aliphatic rings. The average molecular weight is 227 g/mol. The first-order valence-electron chi connectivity index (χ1n) is 5.96. The minimum atomic E-state index is 0.282. The molecule has 0 aromatic heterocycles. The summed E-state index contributed by atoms with van der Waals surface area (Å²) < 4.78 is 0. The fraction of sp³-hybridized carbons (Fsp3) is 0.917. The Bertz CT molecular complexity index is 264. The maximum absolute atomic E-state index is 12.3. The molecule has 0 aromatic rings. The number of rotatable bonds is 2. The quantitative estimate of drug-likeness (QED) is 0.722. The van der Waals surface area contributed by atoms with Crippen molar-refractivity contribution in [2.45, 2.75) is 45.5 Å². The minimum Gasteiger partial charge on any atom is -0.326 e. The summed E-state index contributed by atoms with van der Waals surface area (Å²) in [4.78, 5) is 14.4. The van der Waals surface area contributed by atoms with E-state index in [0.29, 0.717) is 29.2 Å². The van der Waals surface area contributed by atoms with Crippen LogP contribution in [-0.2, 0) is 4.79 Å². The zero-order valence-electron chi connectivity index (χ0n) is 10.1. The van der Waals surface area contributed by atoms with Crippen LogP contribution in [0.4, 0.5) is 0 Å². The van der Waals surface area contributed by atoms with E-state index in [1.165, 1.54) is 0 Å². The number of carbonyl (C=O) groups excluding carboxylic acids is 1. The molecule has 2 fully saturated rings. The van der Waals surface area contributed by atoms with Crippen molar-refractivity contribution in [2.24, 2.45) is 17.8 Å². The van der Waals surface area contributed by atoms with Gasteiger partial charge in [-0.05, 0) is 18.3 Å². The van der Waals surface area contributed by atoms with Crippen LogP contribution in [0.15, 0.2) is 0 Å². The lowest BCUT2D eigenvalue weighted by Crippen LogP contribution is -2.40. The molecule has 3 heteroatoms. The second-order valence-corrected chi connectivity index (χ2v) is 6.64. The Morgan fingerprint density at radius 2 is 1.93 bits per heavy atom. The van der Waals surface area contributed by atoms with Gasteiger partial charge in [0.1, 0.15) is 0 Å². The molecule has 0 saturated carbocycles. The number of carbonyl (C=O) groups is 1. The van der Waals surface area contributed by atoms with E-state index >= 15 is 0 Å². The first kappa shape index (κ1) is 11.3. The molecule has 2 rings (SSSR count). The van der Waals surface area contributed by atoms with Crippen molar-refractivity contribution in [3.63, 3.8) is 0 Å². The van der Waals surface area contributed by atoms with Gasteiger partial charge in [0.05, 0.1) is 5.37 Å². The number of hydrogen-bond donors (Lipinski definition) is 0. The third-order valence-corrected chi connectivity index (χ3v) is 5.07. The monoisotopic (exact) mass is 227 g/mol. The molecule has 2 saturated heterocycles. The highest BCUT2D eigenvalue weighted by Crippen LogP contribution is 2.44. The third-order valence-electron chi connectivity index (χ3n) is 3.73. The summed E-state index contributed by atoms with van der Waals surface area (Å²) in [5.74, 6) is 2.93. The molecule has 1 amide bonds. The van der Waals surface area contributed by atoms with Crippen LogP contribution < -0.4 is 0 Å². The van der Waals surface area contributed by atoms with E-state index in [0.717, 1.165) is 12.2 Å². The van der Waals surface area contributed by atoms with Gasteiger partial charge in [0, 0.05) is 17.7 Å². The molecule has 0 aliphatic carbocycles. The lowest BCUT2D eigenvalue weighted by molar-refractivity contribution is -0.134. The molecule has 86 valence electrons. The number of amides is 1. The van der Waals surface area contributed by atoms with Crippen LogP contribution in [0.1, 0.15) is 34.1 Å². The molecule has 0 aromatic carbocycles. The Hall–Kier alpha value is -0.180. The van der Waals surface area contributed by atoms with E-state index in [2.05, 4.69) is 32.6 Å². The maximum Gasteiger partial charge on any atom is 0.227 e. The Morgan fingerprint density at radius 1 is 1.27 bits per heavy atom. The standard InChI is InChI=1S/C12H21NOS/c1-7(2)9-5-11-13(12(9)14)10(6-15-11)8(3)4/h7-11H,5-6H2,1-4H3/t9?,10-,11+/m0/s1. The molecule has 0 spiro atoms. The molecule has 15 heavy (non-hydrogen) atoms. The van der Waals surface area contributed by atoms with Crippen molar-refractivity contribution >= 4 is 17.7 Å². The zero-order chi connectivity index (χ0) is 11.2. The van der Waals surface area contributed by atoms with Crippen molar-refractivity contribution in [1.82, 2.24) is 4.90 Å². The van der Waals surface area contributed by atoms with Gasteiger partial charge < -0.3 is 4.90 Å². The predicted molar refractivity (Wildman–Crippen MR) is 64.7 cm³/mol. The van der Waals surface area contributed by atoms with Gasteiger partial charge in [-0.2, -0.15) is 0 Å². The van der Waals surface area contributed by atoms with E-state index in [-0.39, 0.29) is 5.92 Å². The van der Waals surface area contributed by atoms with Gasteiger partial charge in [-0.3, -0.25) is 4.79 Å². The van der Waals surface area contributed by atoms with Crippen LogP contribution in [0.3, 0.4) is 0 Å². The zero-order valence-corrected chi connectivity index (χ0v) is 10.9. The molecule has 3 atom stereocenters. The van der Waals surface area contributed by atoms with Crippen LogP contribution in [0, 0.1) is 17.8 Å². The van der Waals surface area contributed by atoms with Crippen molar-refractivity contribution in [3.05, 3.63) is 0 Å². The van der Waals surface area contributed by atoms with Gasteiger partial charge in [0.2, 0.25) is 5.91 Å². The number of hydrogen-bond acceptors (Lipinski definition) is 2. The van der Waals surface area contributed by atoms with Crippen LogP contribution in [0.2, 0.25) is 0 Å². The fourth-order valence-electron chi connectivity index (χ4n) is 2.65. The maximum atomic E-state index is 12.3. The molecule has 0 radical (unpaired) electrons. The van der Waals surface area contributed by atoms with Crippen molar-refractivity contribution in [2.75, 3.05) is 5.75 Å². The largest absolute Gasteiger partial charge is 0.326 e. The Kier molecular flexibility index (Phi) is 3.02. The summed E-state index contributed by atoms with van der Waals surface area (Å²) in [6.07, 6.45) is 1.07. The molecule has 0 bridgehead atoms. The normalized spacial score (nSPS) is 35.7. The summed E-state index contributed by atoms with van der Waals surface area (Å²) >= 11 is 1.98. The van der Waals surface area contributed by atoms with E-state index in [9.17, 15) is 4.79 Å². The van der Waals surface area contributed by atoms with Gasteiger partial charge in [0.15, 0.2) is 0 Å². The van der Waals surface area contributed by atoms with Crippen molar-refractivity contribution in [1.29, 1.82) is 0 Å². The molecule has 1 unspecified atom stereocenters. The summed E-state index contributed by atoms with van der Waals surface area (Å²) in [5.41, 5.74) is 0. The summed E-state index contributed by atoms with van der Waals surface area (Å²) in [5, 5.41) is 0.484. The minimum absolute atomic E-state index is 0.282. The summed E-state index contributed by atoms with van der Waals surface area (Å²) in [7, 11) is 0. The van der Waals surface area contributed by atoms with E-state index in [1.807, 2.05) is 11.8 Å². The smallest absolute Gasteiger partial charge is 0.227 e. The SMILES string of the molecule is CC(C)C1C[C@H]2SC[C@@H](C(C)C)N2C1=O. The Morgan fingerprint density at radius 3 is 2.47 bits per heavy atom. The number of thioether (sulfide) groups is 1. The van der Waals surface area contributed by atoms with E-state index in [4.69, 9.17) is 0 Å². The second kappa shape index (κ2) is 4.00. The first-order chi connectivity index (χ1) is 7.02. The van der Waals surface area contributed by atoms with Crippen LogP contribution in [0.25, 0.3) is 0 Å². The van der Waals surface area contributed by atoms with Crippen LogP contribution in [-0.4, -0.2) is 28.0 Å². The molecule has 2 nitrogen and oxygen atoms in total. The third kappa shape index (κ3) is 1.79. The summed E-state index contributed by atoms with van der Waals surface area (Å²) in [6.45, 7) is 8.78. The van der Waals surface area contributed by atoms with Gasteiger partial charge in [-0.15, -0.1) is 11.8 Å². The number of fused-ring (bicyclic) bond motifs is 1. The lowest BCUT2D eigenvalue weighted by Gasteiger charge is -2.27. The van der Waals surface area contributed by atoms with Crippen LogP contribution in [0.5, 0.6) is 0 Å².